The Bertz CT molecular complexity index is 284. The predicted octanol–water partition coefficient (Wildman–Crippen LogP) is 1.29. The molecular formula is C14H28N4. The van der Waals surface area contributed by atoms with Crippen molar-refractivity contribution in [2.75, 3.05) is 40.8 Å². The number of hydrogen-bond acceptors (Lipinski definition) is 4. The molecule has 0 saturated heterocycles. The summed E-state index contributed by atoms with van der Waals surface area (Å²) in [6, 6.07) is 3.04. The van der Waals surface area contributed by atoms with Crippen LogP contribution < -0.4 is 5.32 Å². The van der Waals surface area contributed by atoms with E-state index in [0.717, 1.165) is 38.9 Å². The Kier molecular flexibility index (Phi) is 6.07. The molecular weight excluding hydrogens is 224 g/mol. The molecule has 0 radical (unpaired) electrons. The standard InChI is InChI=1S/C14H28N4/c1-5-8-18(10-9-17(3)4)13-6-7-14(11-13,12-15)16-2/h13,16H,5-11H2,1-4H3. The van der Waals surface area contributed by atoms with Crippen molar-refractivity contribution in [1.29, 1.82) is 5.26 Å². The third-order valence-corrected chi connectivity index (χ3v) is 4.04. The van der Waals surface area contributed by atoms with Gasteiger partial charge in [0.2, 0.25) is 0 Å². The lowest BCUT2D eigenvalue weighted by atomic mass is 10.00. The summed E-state index contributed by atoms with van der Waals surface area (Å²) in [6.07, 6.45) is 4.27. The summed E-state index contributed by atoms with van der Waals surface area (Å²) in [4.78, 5) is 4.80. The minimum absolute atomic E-state index is 0.283. The maximum atomic E-state index is 9.32. The lowest BCUT2D eigenvalue weighted by Crippen LogP contribution is -2.43. The third kappa shape index (κ3) is 3.94. The summed E-state index contributed by atoms with van der Waals surface area (Å²) in [6.45, 7) is 5.57. The van der Waals surface area contributed by atoms with Crippen molar-refractivity contribution in [3.05, 3.63) is 0 Å². The van der Waals surface area contributed by atoms with Gasteiger partial charge >= 0.3 is 0 Å². The number of likely N-dealkylation sites (N-methyl/N-ethyl adjacent to an activating group) is 1. The lowest BCUT2D eigenvalue weighted by molar-refractivity contribution is 0.175. The molecule has 0 aromatic rings. The monoisotopic (exact) mass is 252 g/mol. The zero-order chi connectivity index (χ0) is 13.6. The quantitative estimate of drug-likeness (QED) is 0.741. The Morgan fingerprint density at radius 3 is 2.50 bits per heavy atom. The van der Waals surface area contributed by atoms with E-state index in [1.54, 1.807) is 0 Å². The molecule has 1 aliphatic carbocycles. The highest BCUT2D eigenvalue weighted by molar-refractivity contribution is 5.12. The normalized spacial score (nSPS) is 27.9. The van der Waals surface area contributed by atoms with Crippen LogP contribution in [0.25, 0.3) is 0 Å². The summed E-state index contributed by atoms with van der Waals surface area (Å²) in [5.41, 5.74) is -0.283. The number of nitrogens with zero attached hydrogens (tertiary/aromatic N) is 3. The number of hydrogen-bond donors (Lipinski definition) is 1. The smallest absolute Gasteiger partial charge is 0.108 e. The fourth-order valence-corrected chi connectivity index (χ4v) is 2.81. The molecule has 1 saturated carbocycles. The maximum Gasteiger partial charge on any atom is 0.108 e. The van der Waals surface area contributed by atoms with Crippen LogP contribution in [0, 0.1) is 11.3 Å². The molecule has 4 heteroatoms. The molecule has 0 heterocycles. The van der Waals surface area contributed by atoms with Crippen molar-refractivity contribution >= 4 is 0 Å². The molecule has 104 valence electrons. The predicted molar refractivity (Wildman–Crippen MR) is 75.5 cm³/mol. The van der Waals surface area contributed by atoms with E-state index in [-0.39, 0.29) is 5.54 Å². The molecule has 0 bridgehead atoms. The Balaban J connectivity index is 2.57. The molecule has 1 N–H and O–H groups in total. The summed E-state index contributed by atoms with van der Waals surface area (Å²) in [7, 11) is 6.15. The average molecular weight is 252 g/mol. The van der Waals surface area contributed by atoms with Crippen LogP contribution in [0.1, 0.15) is 32.6 Å². The van der Waals surface area contributed by atoms with Crippen molar-refractivity contribution in [1.82, 2.24) is 15.1 Å². The van der Waals surface area contributed by atoms with Crippen LogP contribution in [-0.4, -0.2) is 62.2 Å². The van der Waals surface area contributed by atoms with Gasteiger partial charge in [0, 0.05) is 19.1 Å². The van der Waals surface area contributed by atoms with Crippen LogP contribution in [0.5, 0.6) is 0 Å². The molecule has 0 aromatic carbocycles. The minimum atomic E-state index is -0.283. The van der Waals surface area contributed by atoms with Crippen molar-refractivity contribution in [2.45, 2.75) is 44.2 Å². The Hall–Kier alpha value is -0.630. The van der Waals surface area contributed by atoms with Crippen molar-refractivity contribution < 1.29 is 0 Å². The van der Waals surface area contributed by atoms with E-state index in [0.29, 0.717) is 6.04 Å². The van der Waals surface area contributed by atoms with Gasteiger partial charge in [-0.05, 0) is 53.4 Å². The zero-order valence-corrected chi connectivity index (χ0v) is 12.4. The summed E-state index contributed by atoms with van der Waals surface area (Å²) < 4.78 is 0. The van der Waals surface area contributed by atoms with Crippen LogP contribution in [0.15, 0.2) is 0 Å². The van der Waals surface area contributed by atoms with Crippen LogP contribution >= 0.6 is 0 Å². The SMILES string of the molecule is CCCN(CCN(C)C)C1CCC(C#N)(NC)C1. The van der Waals surface area contributed by atoms with E-state index in [9.17, 15) is 5.26 Å². The van der Waals surface area contributed by atoms with Gasteiger partial charge in [0.05, 0.1) is 6.07 Å². The Labute approximate surface area is 112 Å². The molecule has 0 aromatic heterocycles. The average Bonchev–Trinajstić information content (AvgIpc) is 2.79. The van der Waals surface area contributed by atoms with Crippen molar-refractivity contribution in [2.24, 2.45) is 0 Å². The highest BCUT2D eigenvalue weighted by Crippen LogP contribution is 2.32. The van der Waals surface area contributed by atoms with Gasteiger partial charge in [-0.25, -0.2) is 0 Å². The zero-order valence-electron chi connectivity index (χ0n) is 12.4. The fourth-order valence-electron chi connectivity index (χ4n) is 2.81. The number of rotatable bonds is 7. The second-order valence-corrected chi connectivity index (χ2v) is 5.68. The van der Waals surface area contributed by atoms with Crippen LogP contribution in [0.2, 0.25) is 0 Å². The van der Waals surface area contributed by atoms with E-state index >= 15 is 0 Å². The van der Waals surface area contributed by atoms with E-state index in [1.165, 1.54) is 6.42 Å². The second-order valence-electron chi connectivity index (χ2n) is 5.68. The first kappa shape index (κ1) is 15.4. The van der Waals surface area contributed by atoms with Crippen molar-refractivity contribution in [3.8, 4) is 6.07 Å². The molecule has 2 atom stereocenters. The van der Waals surface area contributed by atoms with Gasteiger partial charge in [-0.15, -0.1) is 0 Å². The van der Waals surface area contributed by atoms with Gasteiger partial charge in [-0.2, -0.15) is 5.26 Å². The third-order valence-electron chi connectivity index (χ3n) is 4.04. The van der Waals surface area contributed by atoms with Gasteiger partial charge in [-0.3, -0.25) is 4.90 Å². The van der Waals surface area contributed by atoms with Gasteiger partial charge in [-0.1, -0.05) is 6.92 Å². The van der Waals surface area contributed by atoms with Gasteiger partial charge in [0.15, 0.2) is 0 Å². The highest BCUT2D eigenvalue weighted by atomic mass is 15.2. The molecule has 1 fully saturated rings. The molecule has 0 spiro atoms. The maximum absolute atomic E-state index is 9.32. The largest absolute Gasteiger partial charge is 0.308 e. The first-order valence-corrected chi connectivity index (χ1v) is 7.06. The van der Waals surface area contributed by atoms with E-state index in [4.69, 9.17) is 0 Å². The molecule has 0 amide bonds. The molecule has 18 heavy (non-hydrogen) atoms. The summed E-state index contributed by atoms with van der Waals surface area (Å²) in [5.74, 6) is 0. The highest BCUT2D eigenvalue weighted by Gasteiger charge is 2.40. The van der Waals surface area contributed by atoms with Crippen LogP contribution in [-0.2, 0) is 0 Å². The summed E-state index contributed by atoms with van der Waals surface area (Å²) >= 11 is 0. The van der Waals surface area contributed by atoms with Gasteiger partial charge in [0.25, 0.3) is 0 Å². The van der Waals surface area contributed by atoms with Gasteiger partial charge in [0.1, 0.15) is 5.54 Å². The lowest BCUT2D eigenvalue weighted by Gasteiger charge is -2.30. The first-order chi connectivity index (χ1) is 8.56. The van der Waals surface area contributed by atoms with Crippen molar-refractivity contribution in [3.63, 3.8) is 0 Å². The number of nitriles is 1. The van der Waals surface area contributed by atoms with Crippen LogP contribution in [0.4, 0.5) is 0 Å². The van der Waals surface area contributed by atoms with E-state index in [2.05, 4.69) is 42.2 Å². The number of nitrogens with one attached hydrogen (secondary N) is 1. The Morgan fingerprint density at radius 1 is 1.33 bits per heavy atom. The minimum Gasteiger partial charge on any atom is -0.308 e. The Morgan fingerprint density at radius 2 is 2.06 bits per heavy atom. The molecule has 0 aliphatic heterocycles. The first-order valence-electron chi connectivity index (χ1n) is 7.06. The van der Waals surface area contributed by atoms with Gasteiger partial charge < -0.3 is 10.2 Å². The van der Waals surface area contributed by atoms with E-state index in [1.807, 2.05) is 7.05 Å². The van der Waals surface area contributed by atoms with Crippen LogP contribution in [0.3, 0.4) is 0 Å². The van der Waals surface area contributed by atoms with E-state index < -0.39 is 0 Å². The second kappa shape index (κ2) is 7.08. The summed E-state index contributed by atoms with van der Waals surface area (Å²) in [5, 5.41) is 12.5. The molecule has 1 rings (SSSR count). The fraction of sp³-hybridized carbons (Fsp3) is 0.929. The molecule has 4 nitrogen and oxygen atoms in total. The molecule has 2 unspecified atom stereocenters. The topological polar surface area (TPSA) is 42.3 Å². The molecule has 1 aliphatic rings.